The summed E-state index contributed by atoms with van der Waals surface area (Å²) >= 11 is 0. The van der Waals surface area contributed by atoms with Gasteiger partial charge in [0.2, 0.25) is 0 Å². The Bertz CT molecular complexity index is 600. The number of rotatable bonds is 6. The Morgan fingerprint density at radius 3 is 3.00 bits per heavy atom. The first-order valence-electron chi connectivity index (χ1n) is 7.34. The van der Waals surface area contributed by atoms with Crippen molar-refractivity contribution in [2.24, 2.45) is 7.05 Å². The topological polar surface area (TPSA) is 46.0 Å². The molecular formula is C15H23N5. The molecule has 0 bridgehead atoms. The average molecular weight is 273 g/mol. The predicted molar refractivity (Wildman–Crippen MR) is 80.6 cm³/mol. The van der Waals surface area contributed by atoms with Gasteiger partial charge in [0.05, 0.1) is 5.69 Å². The fourth-order valence-corrected chi connectivity index (χ4v) is 2.63. The average Bonchev–Trinajstić information content (AvgIpc) is 3.23. The molecule has 1 aliphatic rings. The van der Waals surface area contributed by atoms with E-state index in [9.17, 15) is 0 Å². The van der Waals surface area contributed by atoms with E-state index in [2.05, 4.69) is 33.4 Å². The Balaban J connectivity index is 1.55. The van der Waals surface area contributed by atoms with Gasteiger partial charge in [-0.3, -0.25) is 4.68 Å². The Kier molecular flexibility index (Phi) is 3.72. The van der Waals surface area contributed by atoms with Gasteiger partial charge in [0.15, 0.2) is 5.65 Å². The third-order valence-corrected chi connectivity index (χ3v) is 4.06. The maximum atomic E-state index is 4.50. The number of pyridine rings is 1. The van der Waals surface area contributed by atoms with Gasteiger partial charge in [0.1, 0.15) is 0 Å². The number of fused-ring (bicyclic) bond motifs is 1. The third-order valence-electron chi connectivity index (χ3n) is 4.06. The first-order valence-corrected chi connectivity index (χ1v) is 7.34. The van der Waals surface area contributed by atoms with Crippen LogP contribution in [0.25, 0.3) is 11.0 Å². The van der Waals surface area contributed by atoms with Gasteiger partial charge in [0.25, 0.3) is 0 Å². The number of hydrogen-bond acceptors (Lipinski definition) is 4. The van der Waals surface area contributed by atoms with Crippen LogP contribution in [-0.4, -0.2) is 45.8 Å². The van der Waals surface area contributed by atoms with Gasteiger partial charge in [-0.15, -0.1) is 0 Å². The van der Waals surface area contributed by atoms with Crippen LogP contribution in [0, 0.1) is 6.92 Å². The van der Waals surface area contributed by atoms with Crippen LogP contribution in [0.4, 0.5) is 0 Å². The normalized spacial score (nSPS) is 15.4. The van der Waals surface area contributed by atoms with E-state index in [1.54, 1.807) is 0 Å². The van der Waals surface area contributed by atoms with Crippen molar-refractivity contribution in [3.8, 4) is 0 Å². The lowest BCUT2D eigenvalue weighted by Gasteiger charge is -2.15. The second kappa shape index (κ2) is 5.50. The summed E-state index contributed by atoms with van der Waals surface area (Å²) in [6, 6.07) is 3.04. The van der Waals surface area contributed by atoms with Gasteiger partial charge in [-0.05, 0) is 38.4 Å². The lowest BCUT2D eigenvalue weighted by Crippen LogP contribution is -2.30. The maximum absolute atomic E-state index is 4.50. The monoisotopic (exact) mass is 273 g/mol. The van der Waals surface area contributed by atoms with Crippen molar-refractivity contribution in [1.29, 1.82) is 0 Å². The highest BCUT2D eigenvalue weighted by Crippen LogP contribution is 2.24. The zero-order chi connectivity index (χ0) is 14.1. The molecule has 0 aromatic carbocycles. The van der Waals surface area contributed by atoms with E-state index in [-0.39, 0.29) is 0 Å². The van der Waals surface area contributed by atoms with Gasteiger partial charge >= 0.3 is 0 Å². The molecule has 1 fully saturated rings. The van der Waals surface area contributed by atoms with Crippen LogP contribution in [0.15, 0.2) is 12.3 Å². The molecule has 5 nitrogen and oxygen atoms in total. The fraction of sp³-hybridized carbons (Fsp3) is 0.600. The summed E-state index contributed by atoms with van der Waals surface area (Å²) < 4.78 is 1.84. The summed E-state index contributed by atoms with van der Waals surface area (Å²) in [6.07, 6.45) is 4.69. The van der Waals surface area contributed by atoms with Gasteiger partial charge < -0.3 is 10.2 Å². The van der Waals surface area contributed by atoms with Crippen molar-refractivity contribution in [2.45, 2.75) is 32.4 Å². The second-order valence-electron chi connectivity index (χ2n) is 5.81. The lowest BCUT2D eigenvalue weighted by molar-refractivity contribution is 0.321. The van der Waals surface area contributed by atoms with Gasteiger partial charge in [-0.2, -0.15) is 5.10 Å². The van der Waals surface area contributed by atoms with Crippen LogP contribution in [0.5, 0.6) is 0 Å². The van der Waals surface area contributed by atoms with E-state index in [1.807, 2.05) is 24.9 Å². The Morgan fingerprint density at radius 1 is 1.45 bits per heavy atom. The summed E-state index contributed by atoms with van der Waals surface area (Å²) in [4.78, 5) is 6.95. The number of hydrogen-bond donors (Lipinski definition) is 1. The molecule has 0 atom stereocenters. The zero-order valence-electron chi connectivity index (χ0n) is 12.6. The quantitative estimate of drug-likeness (QED) is 0.809. The smallest absolute Gasteiger partial charge is 0.157 e. The number of nitrogens with zero attached hydrogens (tertiary/aromatic N) is 4. The molecule has 20 heavy (non-hydrogen) atoms. The molecule has 0 amide bonds. The molecule has 2 aromatic rings. The van der Waals surface area contributed by atoms with Gasteiger partial charge in [-0.1, -0.05) is 0 Å². The van der Waals surface area contributed by atoms with Crippen LogP contribution in [-0.2, 0) is 13.6 Å². The minimum atomic E-state index is 0.841. The summed E-state index contributed by atoms with van der Waals surface area (Å²) in [5, 5.41) is 9.06. The molecule has 2 aromatic heterocycles. The Labute approximate surface area is 120 Å². The minimum Gasteiger partial charge on any atom is -0.311 e. The first kappa shape index (κ1) is 13.5. The van der Waals surface area contributed by atoms with E-state index in [1.165, 1.54) is 18.4 Å². The van der Waals surface area contributed by atoms with Crippen molar-refractivity contribution < 1.29 is 0 Å². The molecular weight excluding hydrogens is 250 g/mol. The molecule has 3 rings (SSSR count). The fourth-order valence-electron chi connectivity index (χ4n) is 2.63. The molecule has 1 aliphatic carbocycles. The molecule has 1 N–H and O–H groups in total. The number of nitrogens with one attached hydrogen (secondary N) is 1. The van der Waals surface area contributed by atoms with Crippen LogP contribution in [0.3, 0.4) is 0 Å². The molecule has 0 unspecified atom stereocenters. The number of aromatic nitrogens is 3. The Morgan fingerprint density at radius 2 is 2.25 bits per heavy atom. The second-order valence-corrected chi connectivity index (χ2v) is 5.81. The maximum Gasteiger partial charge on any atom is 0.157 e. The minimum absolute atomic E-state index is 0.841. The molecule has 2 heterocycles. The molecule has 108 valence electrons. The van der Waals surface area contributed by atoms with Crippen molar-refractivity contribution >= 4 is 11.0 Å². The van der Waals surface area contributed by atoms with Crippen LogP contribution in [0.2, 0.25) is 0 Å². The molecule has 1 saturated carbocycles. The number of aryl methyl sites for hydroxylation is 2. The zero-order valence-corrected chi connectivity index (χ0v) is 12.6. The standard InChI is InChI=1S/C15H23N5/c1-11-14-8-12(10-17-15(14)20(3)18-11)9-16-6-7-19(2)13-4-5-13/h8,10,13,16H,4-7,9H2,1-3H3. The van der Waals surface area contributed by atoms with Crippen molar-refractivity contribution in [3.63, 3.8) is 0 Å². The molecule has 0 spiro atoms. The predicted octanol–water partition coefficient (Wildman–Crippen LogP) is 1.46. The number of likely N-dealkylation sites (N-methyl/N-ethyl adjacent to an activating group) is 1. The van der Waals surface area contributed by atoms with E-state index in [0.717, 1.165) is 42.4 Å². The highest BCUT2D eigenvalue weighted by molar-refractivity contribution is 5.78. The lowest BCUT2D eigenvalue weighted by atomic mass is 10.2. The van der Waals surface area contributed by atoms with Crippen LogP contribution < -0.4 is 5.32 Å². The Hall–Kier alpha value is -1.46. The first-order chi connectivity index (χ1) is 9.65. The summed E-state index contributed by atoms with van der Waals surface area (Å²) in [6.45, 7) is 5.05. The van der Waals surface area contributed by atoms with E-state index < -0.39 is 0 Å². The molecule has 0 saturated heterocycles. The summed E-state index contributed by atoms with van der Waals surface area (Å²) in [5.41, 5.74) is 3.23. The van der Waals surface area contributed by atoms with E-state index in [0.29, 0.717) is 0 Å². The SMILES string of the molecule is Cc1nn(C)c2ncc(CNCCN(C)C3CC3)cc12. The third kappa shape index (κ3) is 2.83. The molecule has 0 radical (unpaired) electrons. The van der Waals surface area contributed by atoms with Crippen LogP contribution >= 0.6 is 0 Å². The summed E-state index contributed by atoms with van der Waals surface area (Å²) in [7, 11) is 4.15. The largest absolute Gasteiger partial charge is 0.311 e. The van der Waals surface area contributed by atoms with Crippen molar-refractivity contribution in [1.82, 2.24) is 25.0 Å². The summed E-state index contributed by atoms with van der Waals surface area (Å²) in [5.74, 6) is 0. The van der Waals surface area contributed by atoms with Crippen LogP contribution in [0.1, 0.15) is 24.1 Å². The van der Waals surface area contributed by atoms with Gasteiger partial charge in [0, 0.05) is 44.3 Å². The van der Waals surface area contributed by atoms with E-state index in [4.69, 9.17) is 0 Å². The van der Waals surface area contributed by atoms with Crippen molar-refractivity contribution in [2.75, 3.05) is 20.1 Å². The highest BCUT2D eigenvalue weighted by Gasteiger charge is 2.25. The molecule has 5 heteroatoms. The van der Waals surface area contributed by atoms with E-state index >= 15 is 0 Å². The molecule has 0 aliphatic heterocycles. The van der Waals surface area contributed by atoms with Crippen molar-refractivity contribution in [3.05, 3.63) is 23.5 Å². The van der Waals surface area contributed by atoms with Gasteiger partial charge in [-0.25, -0.2) is 4.98 Å². The highest BCUT2D eigenvalue weighted by atomic mass is 15.3.